The van der Waals surface area contributed by atoms with Gasteiger partial charge in [0.25, 0.3) is 0 Å². The summed E-state index contributed by atoms with van der Waals surface area (Å²) in [7, 11) is 0. The quantitative estimate of drug-likeness (QED) is 0.663. The summed E-state index contributed by atoms with van der Waals surface area (Å²) in [6.07, 6.45) is 3.63. The molecule has 6 rings (SSSR count). The minimum atomic E-state index is -0.990. The minimum Gasteiger partial charge on any atom is -0.469 e. The van der Waals surface area contributed by atoms with Gasteiger partial charge >= 0.3 is 0 Å². The Labute approximate surface area is 172 Å². The molecule has 1 amide bonds. The van der Waals surface area contributed by atoms with E-state index in [0.29, 0.717) is 4.88 Å². The fourth-order valence-electron chi connectivity index (χ4n) is 5.88. The molecule has 2 saturated heterocycles. The zero-order valence-electron chi connectivity index (χ0n) is 15.7. The maximum absolute atomic E-state index is 13.9. The molecule has 5 heterocycles. The smallest absolute Gasteiger partial charge is 0.250 e. The van der Waals surface area contributed by atoms with E-state index >= 15 is 0 Å². The molecule has 3 aliphatic heterocycles. The van der Waals surface area contributed by atoms with Crippen LogP contribution in [0.1, 0.15) is 39.8 Å². The SMILES string of the molecule is O=C(c1cccs1)C1C(c2ccco2)C2CCCN2C12C(=O)Nc1ccccc12. The number of thiophene rings is 1. The summed E-state index contributed by atoms with van der Waals surface area (Å²) < 4.78 is 5.84. The predicted molar refractivity (Wildman–Crippen MR) is 110 cm³/mol. The molecule has 1 N–H and O–H groups in total. The number of ketones is 1. The number of fused-ring (bicyclic) bond motifs is 4. The van der Waals surface area contributed by atoms with Crippen LogP contribution in [-0.4, -0.2) is 29.2 Å². The Kier molecular flexibility index (Phi) is 3.64. The minimum absolute atomic E-state index is 0.0302. The number of carbonyl (C=O) groups is 2. The average molecular weight is 404 g/mol. The molecule has 0 bridgehead atoms. The number of rotatable bonds is 3. The van der Waals surface area contributed by atoms with Crippen LogP contribution in [-0.2, 0) is 10.3 Å². The van der Waals surface area contributed by atoms with Crippen molar-refractivity contribution >= 4 is 28.7 Å². The first-order valence-corrected chi connectivity index (χ1v) is 10.9. The maximum atomic E-state index is 13.9. The fraction of sp³-hybridized carbons (Fsp3) is 0.304. The van der Waals surface area contributed by atoms with Gasteiger partial charge in [0.05, 0.1) is 17.1 Å². The van der Waals surface area contributed by atoms with E-state index < -0.39 is 11.5 Å². The number of furan rings is 1. The second-order valence-corrected chi connectivity index (χ2v) is 8.98. The summed E-state index contributed by atoms with van der Waals surface area (Å²) in [6.45, 7) is 0.803. The number of Topliss-reactive ketones (excluding diaryl/α,β-unsaturated/α-hetero) is 1. The lowest BCUT2D eigenvalue weighted by atomic mass is 9.71. The monoisotopic (exact) mass is 404 g/mol. The number of anilines is 1. The van der Waals surface area contributed by atoms with E-state index in [4.69, 9.17) is 4.42 Å². The van der Waals surface area contributed by atoms with Crippen molar-refractivity contribution in [1.82, 2.24) is 4.90 Å². The highest BCUT2D eigenvalue weighted by atomic mass is 32.1. The summed E-state index contributed by atoms with van der Waals surface area (Å²) in [5, 5.41) is 5.00. The van der Waals surface area contributed by atoms with Crippen molar-refractivity contribution in [1.29, 1.82) is 0 Å². The molecule has 0 saturated carbocycles. The molecule has 29 heavy (non-hydrogen) atoms. The first-order chi connectivity index (χ1) is 14.2. The lowest BCUT2D eigenvalue weighted by Gasteiger charge is -2.36. The van der Waals surface area contributed by atoms with Crippen molar-refractivity contribution in [3.05, 3.63) is 76.4 Å². The van der Waals surface area contributed by atoms with Gasteiger partial charge in [0.15, 0.2) is 5.78 Å². The summed E-state index contributed by atoms with van der Waals surface area (Å²) in [5.74, 6) is 0.0586. The molecule has 1 aromatic carbocycles. The Morgan fingerprint density at radius 2 is 2.07 bits per heavy atom. The Bertz CT molecular complexity index is 1090. The topological polar surface area (TPSA) is 62.6 Å². The van der Waals surface area contributed by atoms with Crippen molar-refractivity contribution in [2.45, 2.75) is 30.3 Å². The average Bonchev–Trinajstić information content (AvgIpc) is 3.54. The van der Waals surface area contributed by atoms with E-state index in [1.807, 2.05) is 53.9 Å². The van der Waals surface area contributed by atoms with Crippen LogP contribution in [0.15, 0.2) is 64.6 Å². The Balaban J connectivity index is 1.63. The molecule has 3 aliphatic rings. The van der Waals surface area contributed by atoms with Crippen LogP contribution in [0.3, 0.4) is 0 Å². The Morgan fingerprint density at radius 3 is 2.86 bits per heavy atom. The molecule has 0 radical (unpaired) electrons. The van der Waals surface area contributed by atoms with Crippen LogP contribution in [0, 0.1) is 5.92 Å². The van der Waals surface area contributed by atoms with Crippen LogP contribution in [0.5, 0.6) is 0 Å². The van der Waals surface area contributed by atoms with Crippen molar-refractivity contribution in [2.75, 3.05) is 11.9 Å². The van der Waals surface area contributed by atoms with Gasteiger partial charge in [-0.1, -0.05) is 24.3 Å². The van der Waals surface area contributed by atoms with Crippen LogP contribution in [0.25, 0.3) is 0 Å². The molecule has 4 atom stereocenters. The lowest BCUT2D eigenvalue weighted by molar-refractivity contribution is -0.127. The number of benzene rings is 1. The number of amides is 1. The van der Waals surface area contributed by atoms with Crippen LogP contribution < -0.4 is 5.32 Å². The maximum Gasteiger partial charge on any atom is 0.250 e. The highest BCUT2D eigenvalue weighted by Crippen LogP contribution is 2.61. The van der Waals surface area contributed by atoms with Crippen molar-refractivity contribution in [2.24, 2.45) is 5.92 Å². The van der Waals surface area contributed by atoms with Gasteiger partial charge in [-0.05, 0) is 49.0 Å². The summed E-state index contributed by atoms with van der Waals surface area (Å²) in [6, 6.07) is 15.5. The van der Waals surface area contributed by atoms with Gasteiger partial charge in [-0.2, -0.15) is 0 Å². The zero-order valence-corrected chi connectivity index (χ0v) is 16.5. The van der Waals surface area contributed by atoms with Crippen LogP contribution in [0.2, 0.25) is 0 Å². The standard InChI is InChI=1S/C23H20N2O3S/c26-21(18-10-5-13-29-18)20-19(17-9-4-12-28-17)16-8-3-11-25(16)23(20)14-6-1-2-7-15(14)24-22(23)27/h1-2,4-7,9-10,12-13,16,19-20H,3,8,11H2,(H,24,27). The van der Waals surface area contributed by atoms with Crippen molar-refractivity contribution in [3.8, 4) is 0 Å². The van der Waals surface area contributed by atoms with Crippen LogP contribution >= 0.6 is 11.3 Å². The second kappa shape index (κ2) is 6.15. The largest absolute Gasteiger partial charge is 0.469 e. The van der Waals surface area contributed by atoms with Crippen LogP contribution in [0.4, 0.5) is 5.69 Å². The van der Waals surface area contributed by atoms with Gasteiger partial charge in [0.2, 0.25) is 5.91 Å². The van der Waals surface area contributed by atoms with E-state index in [0.717, 1.165) is 36.4 Å². The van der Waals surface area contributed by atoms with E-state index in [-0.39, 0.29) is 23.7 Å². The normalized spacial score (nSPS) is 30.5. The van der Waals surface area contributed by atoms with Crippen molar-refractivity contribution < 1.29 is 14.0 Å². The first-order valence-electron chi connectivity index (χ1n) is 10.0. The predicted octanol–water partition coefficient (Wildman–Crippen LogP) is 4.25. The summed E-state index contributed by atoms with van der Waals surface area (Å²) in [5.41, 5.74) is 0.740. The third kappa shape index (κ3) is 2.13. The van der Waals surface area contributed by atoms with E-state index in [2.05, 4.69) is 10.2 Å². The second-order valence-electron chi connectivity index (χ2n) is 8.03. The van der Waals surface area contributed by atoms with Gasteiger partial charge in [-0.3, -0.25) is 14.5 Å². The van der Waals surface area contributed by atoms with Gasteiger partial charge in [0, 0.05) is 23.2 Å². The molecule has 0 aliphatic carbocycles. The number of carbonyl (C=O) groups excluding carboxylic acids is 2. The number of nitrogens with one attached hydrogen (secondary N) is 1. The molecule has 5 nitrogen and oxygen atoms in total. The first kappa shape index (κ1) is 17.2. The summed E-state index contributed by atoms with van der Waals surface area (Å²) in [4.78, 5) is 30.6. The molecule has 4 unspecified atom stereocenters. The lowest BCUT2D eigenvalue weighted by Crippen LogP contribution is -2.52. The Hall–Kier alpha value is -2.70. The highest BCUT2D eigenvalue weighted by Gasteiger charge is 2.69. The fourth-order valence-corrected chi connectivity index (χ4v) is 6.59. The van der Waals surface area contributed by atoms with E-state index in [1.165, 1.54) is 11.3 Å². The van der Waals surface area contributed by atoms with Gasteiger partial charge in [-0.15, -0.1) is 11.3 Å². The third-order valence-electron chi connectivity index (χ3n) is 6.83. The molecular formula is C23H20N2O3S. The van der Waals surface area contributed by atoms with Gasteiger partial charge < -0.3 is 9.73 Å². The third-order valence-corrected chi connectivity index (χ3v) is 7.71. The van der Waals surface area contributed by atoms with Gasteiger partial charge in [-0.25, -0.2) is 0 Å². The molecule has 6 heteroatoms. The van der Waals surface area contributed by atoms with Crippen molar-refractivity contribution in [3.63, 3.8) is 0 Å². The molecule has 3 aromatic rings. The van der Waals surface area contributed by atoms with E-state index in [1.54, 1.807) is 6.26 Å². The molecule has 2 aromatic heterocycles. The highest BCUT2D eigenvalue weighted by molar-refractivity contribution is 7.12. The Morgan fingerprint density at radius 1 is 1.17 bits per heavy atom. The molecule has 2 fully saturated rings. The molecular weight excluding hydrogens is 384 g/mol. The number of para-hydroxylation sites is 1. The molecule has 146 valence electrons. The zero-order chi connectivity index (χ0) is 19.6. The number of hydrogen-bond donors (Lipinski definition) is 1. The summed E-state index contributed by atoms with van der Waals surface area (Å²) >= 11 is 1.44. The number of hydrogen-bond acceptors (Lipinski definition) is 5. The number of nitrogens with zero attached hydrogens (tertiary/aromatic N) is 1. The van der Waals surface area contributed by atoms with E-state index in [9.17, 15) is 9.59 Å². The molecule has 1 spiro atoms. The van der Waals surface area contributed by atoms with Gasteiger partial charge in [0.1, 0.15) is 11.3 Å².